The predicted octanol–water partition coefficient (Wildman–Crippen LogP) is -0.0233. The highest BCUT2D eigenvalue weighted by Gasteiger charge is 2.14. The van der Waals surface area contributed by atoms with Gasteiger partial charge >= 0.3 is 0 Å². The average molecular weight is 115 g/mol. The third-order valence-electron chi connectivity index (χ3n) is 1.55. The number of aliphatic hydroxyl groups excluding tert-OH is 1. The summed E-state index contributed by atoms with van der Waals surface area (Å²) < 4.78 is 0. The molecular weight excluding hydrogens is 102 g/mol. The van der Waals surface area contributed by atoms with Crippen molar-refractivity contribution in [2.45, 2.75) is 19.4 Å². The van der Waals surface area contributed by atoms with E-state index in [4.69, 9.17) is 5.11 Å². The minimum atomic E-state index is -0.0984. The Hall–Kier alpha value is -0.0800. The summed E-state index contributed by atoms with van der Waals surface area (Å²) in [5, 5.41) is 12.2. The molecule has 0 aromatic carbocycles. The van der Waals surface area contributed by atoms with Crippen molar-refractivity contribution >= 4 is 0 Å². The largest absolute Gasteiger partial charge is 0.392 e. The van der Waals surface area contributed by atoms with Crippen molar-refractivity contribution in [2.75, 3.05) is 13.1 Å². The zero-order chi connectivity index (χ0) is 5.98. The summed E-state index contributed by atoms with van der Waals surface area (Å²) in [6, 6.07) is 0. The van der Waals surface area contributed by atoms with E-state index >= 15 is 0 Å². The number of nitrogens with one attached hydrogen (secondary N) is 1. The lowest BCUT2D eigenvalue weighted by atomic mass is 10.0. The van der Waals surface area contributed by atoms with E-state index in [1.54, 1.807) is 0 Å². The maximum absolute atomic E-state index is 9.02. The summed E-state index contributed by atoms with van der Waals surface area (Å²) in [6.45, 7) is 4.00. The van der Waals surface area contributed by atoms with Crippen LogP contribution >= 0.6 is 0 Å². The Morgan fingerprint density at radius 3 is 2.62 bits per heavy atom. The van der Waals surface area contributed by atoms with Gasteiger partial charge < -0.3 is 10.4 Å². The van der Waals surface area contributed by atoms with Gasteiger partial charge in [-0.2, -0.15) is 0 Å². The first kappa shape index (κ1) is 6.05. The van der Waals surface area contributed by atoms with Gasteiger partial charge in [0.1, 0.15) is 0 Å². The van der Waals surface area contributed by atoms with Crippen LogP contribution in [-0.4, -0.2) is 24.3 Å². The fraction of sp³-hybridized carbons (Fsp3) is 1.00. The van der Waals surface area contributed by atoms with Crippen molar-refractivity contribution in [3.05, 3.63) is 0 Å². The summed E-state index contributed by atoms with van der Waals surface area (Å²) in [5.74, 6) is 0.652. The maximum Gasteiger partial charge on any atom is 0.0667 e. The molecule has 1 fully saturated rings. The second kappa shape index (κ2) is 2.46. The van der Waals surface area contributed by atoms with Crippen LogP contribution in [0.4, 0.5) is 0 Å². The summed E-state index contributed by atoms with van der Waals surface area (Å²) in [6.07, 6.45) is 0.867. The van der Waals surface area contributed by atoms with Crippen LogP contribution in [0.25, 0.3) is 0 Å². The molecule has 0 aliphatic carbocycles. The van der Waals surface area contributed by atoms with Crippen molar-refractivity contribution in [1.82, 2.24) is 5.32 Å². The molecule has 1 rings (SSSR count). The molecule has 0 aromatic rings. The molecule has 1 unspecified atom stereocenters. The van der Waals surface area contributed by atoms with Gasteiger partial charge in [0.25, 0.3) is 0 Å². The second-order valence-corrected chi connectivity index (χ2v) is 2.65. The third-order valence-corrected chi connectivity index (χ3v) is 1.55. The van der Waals surface area contributed by atoms with Gasteiger partial charge in [-0.05, 0) is 18.9 Å². The van der Waals surface area contributed by atoms with Gasteiger partial charge in [-0.1, -0.05) is 6.92 Å². The highest BCUT2D eigenvalue weighted by atomic mass is 16.3. The first-order valence-electron chi connectivity index (χ1n) is 3.18. The number of aliphatic hydroxyl groups is 1. The van der Waals surface area contributed by atoms with Crippen LogP contribution in [-0.2, 0) is 0 Å². The van der Waals surface area contributed by atoms with Crippen LogP contribution in [0.2, 0.25) is 0 Å². The Kier molecular flexibility index (Phi) is 1.86. The molecule has 1 saturated heterocycles. The van der Waals surface area contributed by atoms with Gasteiger partial charge in [0, 0.05) is 6.54 Å². The molecule has 0 saturated carbocycles. The Labute approximate surface area is 49.9 Å². The van der Waals surface area contributed by atoms with E-state index in [2.05, 4.69) is 12.2 Å². The zero-order valence-electron chi connectivity index (χ0n) is 5.22. The van der Waals surface area contributed by atoms with Gasteiger partial charge in [0.05, 0.1) is 6.10 Å². The van der Waals surface area contributed by atoms with Crippen molar-refractivity contribution < 1.29 is 5.11 Å². The van der Waals surface area contributed by atoms with Gasteiger partial charge in [0.15, 0.2) is 0 Å². The second-order valence-electron chi connectivity index (χ2n) is 2.65. The molecule has 2 heteroatoms. The molecular formula is C6H13NO. The molecule has 8 heavy (non-hydrogen) atoms. The topological polar surface area (TPSA) is 32.3 Å². The molecule has 0 bridgehead atoms. The maximum atomic E-state index is 9.02. The van der Waals surface area contributed by atoms with Crippen molar-refractivity contribution in [2.24, 2.45) is 5.92 Å². The molecule has 2 nitrogen and oxygen atoms in total. The van der Waals surface area contributed by atoms with Crippen LogP contribution in [0.5, 0.6) is 0 Å². The van der Waals surface area contributed by atoms with Crippen molar-refractivity contribution in [1.29, 1.82) is 0 Å². The van der Waals surface area contributed by atoms with Crippen LogP contribution in [0.1, 0.15) is 13.3 Å². The molecule has 0 aromatic heterocycles. The first-order chi connectivity index (χ1) is 3.79. The van der Waals surface area contributed by atoms with E-state index in [1.165, 1.54) is 0 Å². The fourth-order valence-electron chi connectivity index (χ4n) is 1.13. The summed E-state index contributed by atoms with van der Waals surface area (Å²) >= 11 is 0. The Balaban J connectivity index is 2.23. The van der Waals surface area contributed by atoms with Gasteiger partial charge in [-0.25, -0.2) is 0 Å². The van der Waals surface area contributed by atoms with E-state index in [0.717, 1.165) is 19.5 Å². The molecule has 2 atom stereocenters. The number of hydrogen-bond donors (Lipinski definition) is 2. The SMILES string of the molecule is CC1CNC[C@@H](O)C1. The lowest BCUT2D eigenvalue weighted by Gasteiger charge is -2.23. The monoisotopic (exact) mass is 115 g/mol. The normalized spacial score (nSPS) is 39.8. The minimum Gasteiger partial charge on any atom is -0.392 e. The van der Waals surface area contributed by atoms with Gasteiger partial charge in [-0.3, -0.25) is 0 Å². The molecule has 0 amide bonds. The van der Waals surface area contributed by atoms with Gasteiger partial charge in [0.2, 0.25) is 0 Å². The Morgan fingerprint density at radius 2 is 2.25 bits per heavy atom. The summed E-state index contributed by atoms with van der Waals surface area (Å²) in [7, 11) is 0. The molecule has 1 heterocycles. The molecule has 0 spiro atoms. The lowest BCUT2D eigenvalue weighted by Crippen LogP contribution is -2.38. The highest BCUT2D eigenvalue weighted by Crippen LogP contribution is 2.07. The van der Waals surface area contributed by atoms with Crippen molar-refractivity contribution in [3.63, 3.8) is 0 Å². The standard InChI is InChI=1S/C6H13NO/c1-5-2-6(8)4-7-3-5/h5-8H,2-4H2,1H3/t5?,6-/m0/s1. The average Bonchev–Trinajstić information content (AvgIpc) is 1.64. The molecule has 1 aliphatic rings. The summed E-state index contributed by atoms with van der Waals surface area (Å²) in [4.78, 5) is 0. The van der Waals surface area contributed by atoms with E-state index in [-0.39, 0.29) is 6.10 Å². The minimum absolute atomic E-state index is 0.0984. The van der Waals surface area contributed by atoms with E-state index < -0.39 is 0 Å². The molecule has 1 aliphatic heterocycles. The quantitative estimate of drug-likeness (QED) is 0.465. The number of rotatable bonds is 0. The van der Waals surface area contributed by atoms with Crippen LogP contribution in [0.15, 0.2) is 0 Å². The number of piperidine rings is 1. The number of hydrogen-bond acceptors (Lipinski definition) is 2. The predicted molar refractivity (Wildman–Crippen MR) is 32.7 cm³/mol. The molecule has 0 radical (unpaired) electrons. The van der Waals surface area contributed by atoms with Crippen LogP contribution in [0.3, 0.4) is 0 Å². The smallest absolute Gasteiger partial charge is 0.0667 e. The van der Waals surface area contributed by atoms with E-state index in [9.17, 15) is 0 Å². The zero-order valence-corrected chi connectivity index (χ0v) is 5.22. The highest BCUT2D eigenvalue weighted by molar-refractivity contribution is 4.71. The van der Waals surface area contributed by atoms with Crippen molar-refractivity contribution in [3.8, 4) is 0 Å². The Bertz CT molecular complexity index is 66.9. The summed E-state index contributed by atoms with van der Waals surface area (Å²) in [5.41, 5.74) is 0. The number of β-amino-alcohol motifs (C(OH)–C–C–N with tert-alkyl or cyclic N) is 1. The van der Waals surface area contributed by atoms with Gasteiger partial charge in [-0.15, -0.1) is 0 Å². The van der Waals surface area contributed by atoms with Crippen LogP contribution in [0, 0.1) is 5.92 Å². The van der Waals surface area contributed by atoms with E-state index in [0.29, 0.717) is 5.92 Å². The Morgan fingerprint density at radius 1 is 1.50 bits per heavy atom. The fourth-order valence-corrected chi connectivity index (χ4v) is 1.13. The van der Waals surface area contributed by atoms with E-state index in [1.807, 2.05) is 0 Å². The molecule has 2 N–H and O–H groups in total. The molecule has 48 valence electrons. The third kappa shape index (κ3) is 1.46. The lowest BCUT2D eigenvalue weighted by molar-refractivity contribution is 0.119. The first-order valence-corrected chi connectivity index (χ1v) is 3.18. The van der Waals surface area contributed by atoms with Crippen LogP contribution < -0.4 is 5.32 Å².